The van der Waals surface area contributed by atoms with Crippen LogP contribution in [0.4, 0.5) is 5.82 Å². The van der Waals surface area contributed by atoms with Crippen molar-refractivity contribution in [2.45, 2.75) is 50.2 Å². The van der Waals surface area contributed by atoms with E-state index in [4.69, 9.17) is 29.4 Å². The number of rotatable bonds is 13. The number of nitrogens with two attached hydrogens (primary N) is 1. The third-order valence-corrected chi connectivity index (χ3v) is 8.48. The molecule has 1 aliphatic heterocycles. The summed E-state index contributed by atoms with van der Waals surface area (Å²) in [4.78, 5) is 37.3. The van der Waals surface area contributed by atoms with Crippen LogP contribution in [0.1, 0.15) is 49.1 Å². The van der Waals surface area contributed by atoms with Gasteiger partial charge in [-0.1, -0.05) is 54.6 Å². The normalized spacial score (nSPS) is 17.7. The topological polar surface area (TPSA) is 150 Å². The molecule has 0 amide bonds. The van der Waals surface area contributed by atoms with Crippen LogP contribution < -0.4 is 15.2 Å². The largest absolute Gasteiger partial charge is 0.497 e. The number of ether oxygens (including phenoxy) is 5. The second kappa shape index (κ2) is 14.2. The molecule has 248 valence electrons. The Morgan fingerprint density at radius 1 is 0.875 bits per heavy atom. The predicted molar refractivity (Wildman–Crippen MR) is 176 cm³/mol. The molecule has 1 aliphatic rings. The molecule has 2 aromatic heterocycles. The van der Waals surface area contributed by atoms with Crippen molar-refractivity contribution in [2.75, 3.05) is 26.6 Å². The third kappa shape index (κ3) is 6.57. The van der Waals surface area contributed by atoms with Gasteiger partial charge in [0.1, 0.15) is 53.2 Å². The fourth-order valence-corrected chi connectivity index (χ4v) is 6.01. The quantitative estimate of drug-likeness (QED) is 0.135. The van der Waals surface area contributed by atoms with Crippen LogP contribution in [0.5, 0.6) is 11.5 Å². The molecule has 0 radical (unpaired) electrons. The van der Waals surface area contributed by atoms with Crippen molar-refractivity contribution < 1.29 is 33.3 Å². The van der Waals surface area contributed by atoms with Crippen LogP contribution in [0.2, 0.25) is 0 Å². The van der Waals surface area contributed by atoms with Gasteiger partial charge < -0.3 is 34.2 Å². The average Bonchev–Trinajstić information content (AvgIpc) is 3.73. The molecular formula is C36H37N5O7. The summed E-state index contributed by atoms with van der Waals surface area (Å²) in [6.07, 6.45) is 1.29. The second-order valence-corrected chi connectivity index (χ2v) is 11.5. The highest BCUT2D eigenvalue weighted by molar-refractivity contribution is 5.81. The third-order valence-electron chi connectivity index (χ3n) is 8.48. The van der Waals surface area contributed by atoms with Gasteiger partial charge in [-0.3, -0.25) is 9.36 Å². The maximum absolute atomic E-state index is 12.9. The van der Waals surface area contributed by atoms with Gasteiger partial charge in [0.05, 0.1) is 33.6 Å². The zero-order chi connectivity index (χ0) is 33.7. The Morgan fingerprint density at radius 3 is 2.10 bits per heavy atom. The van der Waals surface area contributed by atoms with Gasteiger partial charge in [-0.25, -0.2) is 15.0 Å². The van der Waals surface area contributed by atoms with Crippen molar-refractivity contribution in [3.63, 3.8) is 0 Å². The molecule has 2 N–H and O–H groups in total. The lowest BCUT2D eigenvalue weighted by atomic mass is 9.80. The first kappa shape index (κ1) is 32.6. The molecule has 0 unspecified atom stereocenters. The number of anilines is 1. The molecule has 0 bridgehead atoms. The highest BCUT2D eigenvalue weighted by Crippen LogP contribution is 2.43. The van der Waals surface area contributed by atoms with E-state index >= 15 is 0 Å². The summed E-state index contributed by atoms with van der Waals surface area (Å²) in [5, 5.41) is 0. The van der Waals surface area contributed by atoms with Crippen LogP contribution in [0.3, 0.4) is 0 Å². The van der Waals surface area contributed by atoms with E-state index in [1.165, 1.54) is 13.3 Å². The van der Waals surface area contributed by atoms with Crippen molar-refractivity contribution in [2.24, 2.45) is 0 Å². The number of ketones is 1. The molecule has 6 rings (SSSR count). The number of methoxy groups -OCH3 is 2. The van der Waals surface area contributed by atoms with Gasteiger partial charge >= 0.3 is 5.97 Å². The van der Waals surface area contributed by atoms with Gasteiger partial charge in [-0.2, -0.15) is 0 Å². The van der Waals surface area contributed by atoms with Gasteiger partial charge in [0.15, 0.2) is 11.5 Å². The van der Waals surface area contributed by atoms with Crippen molar-refractivity contribution in [3.05, 3.63) is 108 Å². The summed E-state index contributed by atoms with van der Waals surface area (Å²) in [5.41, 5.74) is 8.42. The average molecular weight is 652 g/mol. The first-order valence-electron chi connectivity index (χ1n) is 15.6. The zero-order valence-corrected chi connectivity index (χ0v) is 26.9. The number of benzene rings is 3. The molecule has 1 fully saturated rings. The first-order valence-corrected chi connectivity index (χ1v) is 15.6. The Hall–Kier alpha value is -5.33. The summed E-state index contributed by atoms with van der Waals surface area (Å²) < 4.78 is 32.3. The molecule has 48 heavy (non-hydrogen) atoms. The monoisotopic (exact) mass is 651 g/mol. The van der Waals surface area contributed by atoms with Crippen LogP contribution in [0.25, 0.3) is 11.2 Å². The molecule has 3 heterocycles. The van der Waals surface area contributed by atoms with Crippen LogP contribution >= 0.6 is 0 Å². The summed E-state index contributed by atoms with van der Waals surface area (Å²) in [7, 11) is 3.24. The first-order chi connectivity index (χ1) is 23.3. The Bertz CT molecular complexity index is 1810. The van der Waals surface area contributed by atoms with E-state index in [9.17, 15) is 9.59 Å². The van der Waals surface area contributed by atoms with E-state index in [0.29, 0.717) is 29.1 Å². The van der Waals surface area contributed by atoms with Crippen molar-refractivity contribution >= 4 is 28.7 Å². The molecule has 5 aromatic rings. The maximum atomic E-state index is 12.9. The van der Waals surface area contributed by atoms with E-state index in [1.807, 2.05) is 78.9 Å². The number of hydrogen-bond donors (Lipinski definition) is 1. The maximum Gasteiger partial charge on any atom is 0.306 e. The molecule has 1 saturated heterocycles. The lowest BCUT2D eigenvalue weighted by Gasteiger charge is -2.37. The standard InChI is InChI=1S/C36H37N5O7/c1-23(42)9-18-32(43)48-29-19-31(41-22-40-33-34(37)38-21-39-35(33)41)47-30(29)20-46-36(24-7-5-4-6-8-24,25-10-14-27(44-2)15-11-25)26-12-16-28(45-3)17-13-26/h4-8,10-17,21-22,29-31H,9,18-20H2,1-3H3,(H2,37,38,39)/t29-,30-,31-/m1/s1. The van der Waals surface area contributed by atoms with Crippen molar-refractivity contribution in [1.82, 2.24) is 19.5 Å². The molecular weight excluding hydrogens is 614 g/mol. The SMILES string of the molecule is COc1ccc(C(OC[C@H]2O[C@@H](n3cnc4c(N)ncnc43)C[C@H]2OC(=O)CCC(C)=O)(c2ccccc2)c2ccc(OC)cc2)cc1. The van der Waals surface area contributed by atoms with Gasteiger partial charge in [0.25, 0.3) is 0 Å². The number of carbonyl (C=O) groups excluding carboxylic acids is 2. The number of carbonyl (C=O) groups is 2. The van der Waals surface area contributed by atoms with Crippen molar-refractivity contribution in [3.8, 4) is 11.5 Å². The van der Waals surface area contributed by atoms with Crippen LogP contribution in [0.15, 0.2) is 91.5 Å². The molecule has 12 nitrogen and oxygen atoms in total. The molecule has 12 heteroatoms. The smallest absolute Gasteiger partial charge is 0.306 e. The molecule has 0 aliphatic carbocycles. The fraction of sp³-hybridized carbons (Fsp3) is 0.306. The van der Waals surface area contributed by atoms with E-state index in [-0.39, 0.29) is 31.0 Å². The van der Waals surface area contributed by atoms with Crippen molar-refractivity contribution in [1.29, 1.82) is 0 Å². The number of fused-ring (bicyclic) bond motifs is 1. The Labute approximate surface area is 277 Å². The number of nitrogen functional groups attached to an aromatic ring is 1. The van der Waals surface area contributed by atoms with E-state index < -0.39 is 30.0 Å². The lowest BCUT2D eigenvalue weighted by molar-refractivity contribution is -0.156. The highest BCUT2D eigenvalue weighted by Gasteiger charge is 2.44. The second-order valence-electron chi connectivity index (χ2n) is 11.5. The lowest BCUT2D eigenvalue weighted by Crippen LogP contribution is -2.39. The van der Waals surface area contributed by atoms with Crippen LogP contribution in [0, 0.1) is 0 Å². The minimum absolute atomic E-state index is 0.0257. The number of Topliss-reactive ketones (excluding diaryl/α,β-unsaturated/α-hetero) is 1. The van der Waals surface area contributed by atoms with E-state index in [1.54, 1.807) is 25.1 Å². The zero-order valence-electron chi connectivity index (χ0n) is 26.9. The van der Waals surface area contributed by atoms with Gasteiger partial charge in [-0.15, -0.1) is 0 Å². The number of imidazole rings is 1. The summed E-state index contributed by atoms with van der Waals surface area (Å²) >= 11 is 0. The van der Waals surface area contributed by atoms with Crippen LogP contribution in [-0.4, -0.2) is 64.3 Å². The molecule has 3 aromatic carbocycles. The number of nitrogens with zero attached hydrogens (tertiary/aromatic N) is 4. The van der Waals surface area contributed by atoms with Gasteiger partial charge in [0, 0.05) is 12.8 Å². The predicted octanol–water partition coefficient (Wildman–Crippen LogP) is 5.00. The van der Waals surface area contributed by atoms with Crippen LogP contribution in [-0.2, 0) is 29.4 Å². The van der Waals surface area contributed by atoms with Gasteiger partial charge in [0.2, 0.25) is 0 Å². The number of aromatic nitrogens is 4. The Kier molecular flexibility index (Phi) is 9.65. The summed E-state index contributed by atoms with van der Waals surface area (Å²) in [5.74, 6) is 1.06. The van der Waals surface area contributed by atoms with E-state index in [2.05, 4.69) is 15.0 Å². The van der Waals surface area contributed by atoms with E-state index in [0.717, 1.165) is 16.7 Å². The number of esters is 1. The summed E-state index contributed by atoms with van der Waals surface area (Å²) in [6.45, 7) is 1.47. The summed E-state index contributed by atoms with van der Waals surface area (Å²) in [6, 6.07) is 25.3. The Morgan fingerprint density at radius 2 is 1.50 bits per heavy atom. The minimum Gasteiger partial charge on any atom is -0.497 e. The molecule has 0 saturated carbocycles. The Balaban J connectivity index is 1.39. The highest BCUT2D eigenvalue weighted by atomic mass is 16.6. The van der Waals surface area contributed by atoms with Gasteiger partial charge in [-0.05, 0) is 47.9 Å². The fourth-order valence-electron chi connectivity index (χ4n) is 6.01. The minimum atomic E-state index is -1.12. The number of hydrogen-bond acceptors (Lipinski definition) is 11. The molecule has 0 spiro atoms. The molecule has 3 atom stereocenters.